The van der Waals surface area contributed by atoms with Crippen molar-refractivity contribution in [2.75, 3.05) is 0 Å². The van der Waals surface area contributed by atoms with Crippen molar-refractivity contribution < 1.29 is 8.78 Å². The number of imidazole rings is 1. The minimum Gasteiger partial charge on any atom is -0.329 e. The van der Waals surface area contributed by atoms with Crippen LogP contribution in [0.4, 0.5) is 8.78 Å². The average molecular weight is 256 g/mol. The predicted octanol–water partition coefficient (Wildman–Crippen LogP) is 3.86. The van der Waals surface area contributed by atoms with Gasteiger partial charge in [0.2, 0.25) is 0 Å². The lowest BCUT2D eigenvalue weighted by Crippen LogP contribution is -1.87. The molecule has 4 heteroatoms. The van der Waals surface area contributed by atoms with Gasteiger partial charge in [-0.15, -0.1) is 0 Å². The molecule has 0 bridgehead atoms. The lowest BCUT2D eigenvalue weighted by molar-refractivity contribution is 0.590. The molecule has 0 spiro atoms. The van der Waals surface area contributed by atoms with Gasteiger partial charge < -0.3 is 4.57 Å². The van der Waals surface area contributed by atoms with Crippen molar-refractivity contribution >= 4 is 27.6 Å². The van der Waals surface area contributed by atoms with E-state index in [1.807, 2.05) is 46.3 Å². The summed E-state index contributed by atoms with van der Waals surface area (Å²) in [5.41, 5.74) is 3.21. The van der Waals surface area contributed by atoms with E-state index in [1.165, 1.54) is 6.07 Å². The summed E-state index contributed by atoms with van der Waals surface area (Å²) in [6, 6.07) is 11.9. The van der Waals surface area contributed by atoms with Crippen LogP contribution in [0.5, 0.6) is 0 Å². The Morgan fingerprint density at radius 1 is 0.947 bits per heavy atom. The molecule has 0 saturated heterocycles. The van der Waals surface area contributed by atoms with E-state index in [0.29, 0.717) is 10.9 Å². The summed E-state index contributed by atoms with van der Waals surface area (Å²) < 4.78 is 31.2. The monoisotopic (exact) mass is 256 g/mol. The number of aromatic nitrogens is 2. The second-order valence-electron chi connectivity index (χ2n) is 4.71. The fraction of sp³-hybridized carbons (Fsp3) is 0.0667. The Morgan fingerprint density at radius 2 is 1.68 bits per heavy atom. The number of para-hydroxylation sites is 2. The number of aryl methyl sites for hydroxylation is 1. The fourth-order valence-corrected chi connectivity index (χ4v) is 2.80. The molecule has 4 rings (SSSR count). The first-order valence-corrected chi connectivity index (χ1v) is 6.00. The lowest BCUT2D eigenvalue weighted by atomic mass is 10.2. The molecule has 2 nitrogen and oxygen atoms in total. The summed E-state index contributed by atoms with van der Waals surface area (Å²) in [6.07, 6.45) is 0. The Balaban J connectivity index is 2.37. The molecule has 0 atom stereocenters. The van der Waals surface area contributed by atoms with Gasteiger partial charge in [0.1, 0.15) is 11.5 Å². The Kier molecular flexibility index (Phi) is 1.86. The zero-order chi connectivity index (χ0) is 13.1. The number of fused-ring (bicyclic) bond motifs is 5. The molecular weight excluding hydrogens is 246 g/mol. The van der Waals surface area contributed by atoms with Gasteiger partial charge in [-0.05, 0) is 24.3 Å². The smallest absolute Gasteiger partial charge is 0.150 e. The molecule has 0 amide bonds. The number of hydrogen-bond acceptors (Lipinski definition) is 0. The molecule has 0 fully saturated rings. The van der Waals surface area contributed by atoms with Gasteiger partial charge in [0.15, 0.2) is 5.82 Å². The molecule has 0 unspecified atom stereocenters. The average Bonchev–Trinajstić information content (AvgIpc) is 2.87. The van der Waals surface area contributed by atoms with Gasteiger partial charge in [0.05, 0.1) is 16.6 Å². The summed E-state index contributed by atoms with van der Waals surface area (Å²) in [7, 11) is 1.92. The molecule has 19 heavy (non-hydrogen) atoms. The van der Waals surface area contributed by atoms with E-state index < -0.39 is 11.6 Å². The SMILES string of the molecule is Cn1c2ccccc2n2c3c(F)cc(F)cc3cc12. The van der Waals surface area contributed by atoms with E-state index in [-0.39, 0.29) is 0 Å². The minimum atomic E-state index is -0.551. The van der Waals surface area contributed by atoms with Crippen LogP contribution in [0.2, 0.25) is 0 Å². The molecule has 0 aliphatic rings. The molecule has 0 radical (unpaired) electrons. The first-order chi connectivity index (χ1) is 9.16. The maximum atomic E-state index is 14.1. The highest BCUT2D eigenvalue weighted by Gasteiger charge is 2.15. The number of nitrogens with zero attached hydrogens (tertiary/aromatic N) is 2. The molecule has 2 aromatic heterocycles. The van der Waals surface area contributed by atoms with Crippen molar-refractivity contribution in [1.29, 1.82) is 0 Å². The standard InChI is InChI=1S/C15H10F2N2/c1-18-12-4-2-3-5-13(12)19-14(18)7-9-6-10(16)8-11(17)15(9)19/h2-8H,1H3. The molecule has 0 aliphatic carbocycles. The van der Waals surface area contributed by atoms with Crippen molar-refractivity contribution in [3.63, 3.8) is 0 Å². The Labute approximate surface area is 107 Å². The van der Waals surface area contributed by atoms with E-state index in [2.05, 4.69) is 0 Å². The van der Waals surface area contributed by atoms with Crippen molar-refractivity contribution in [3.8, 4) is 0 Å². The minimum absolute atomic E-state index is 0.424. The molecule has 0 N–H and O–H groups in total. The van der Waals surface area contributed by atoms with E-state index in [4.69, 9.17) is 0 Å². The van der Waals surface area contributed by atoms with E-state index >= 15 is 0 Å². The summed E-state index contributed by atoms with van der Waals surface area (Å²) in [6.45, 7) is 0. The predicted molar refractivity (Wildman–Crippen MR) is 71.3 cm³/mol. The van der Waals surface area contributed by atoms with Gasteiger partial charge >= 0.3 is 0 Å². The molecule has 2 heterocycles. The first-order valence-electron chi connectivity index (χ1n) is 6.00. The number of hydrogen-bond donors (Lipinski definition) is 0. The number of halogens is 2. The number of benzene rings is 2. The second-order valence-corrected chi connectivity index (χ2v) is 4.71. The van der Waals surface area contributed by atoms with Crippen LogP contribution in [-0.4, -0.2) is 8.97 Å². The van der Waals surface area contributed by atoms with Crippen LogP contribution in [0.3, 0.4) is 0 Å². The van der Waals surface area contributed by atoms with Crippen molar-refractivity contribution in [2.45, 2.75) is 0 Å². The van der Waals surface area contributed by atoms with Crippen LogP contribution < -0.4 is 0 Å². The van der Waals surface area contributed by atoms with Crippen LogP contribution in [0.1, 0.15) is 0 Å². The van der Waals surface area contributed by atoms with Crippen LogP contribution in [0.25, 0.3) is 27.6 Å². The van der Waals surface area contributed by atoms with E-state index in [9.17, 15) is 8.78 Å². The normalized spacial score (nSPS) is 11.9. The zero-order valence-electron chi connectivity index (χ0n) is 10.2. The third-order valence-corrected chi connectivity index (χ3v) is 3.62. The first kappa shape index (κ1) is 10.6. The van der Waals surface area contributed by atoms with Crippen molar-refractivity contribution in [2.24, 2.45) is 7.05 Å². The van der Waals surface area contributed by atoms with E-state index in [1.54, 1.807) is 0 Å². The molecular formula is C15H10F2N2. The van der Waals surface area contributed by atoms with Gasteiger partial charge in [-0.2, -0.15) is 0 Å². The maximum absolute atomic E-state index is 14.1. The highest BCUT2D eigenvalue weighted by molar-refractivity contribution is 5.95. The van der Waals surface area contributed by atoms with Crippen LogP contribution in [-0.2, 0) is 7.05 Å². The summed E-state index contributed by atoms with van der Waals surface area (Å²) in [5, 5.41) is 0.578. The molecule has 2 aromatic carbocycles. The largest absolute Gasteiger partial charge is 0.329 e. The summed E-state index contributed by atoms with van der Waals surface area (Å²) in [5.74, 6) is -1.09. The van der Waals surface area contributed by atoms with Crippen LogP contribution in [0.15, 0.2) is 42.5 Å². The maximum Gasteiger partial charge on any atom is 0.150 e. The quantitative estimate of drug-likeness (QED) is 0.452. The third kappa shape index (κ3) is 1.23. The Bertz CT molecular complexity index is 947. The van der Waals surface area contributed by atoms with E-state index in [0.717, 1.165) is 22.7 Å². The topological polar surface area (TPSA) is 9.34 Å². The van der Waals surface area contributed by atoms with Gasteiger partial charge in [-0.3, -0.25) is 4.40 Å². The van der Waals surface area contributed by atoms with Gasteiger partial charge in [-0.25, -0.2) is 8.78 Å². The summed E-state index contributed by atoms with van der Waals surface area (Å²) >= 11 is 0. The summed E-state index contributed by atoms with van der Waals surface area (Å²) in [4.78, 5) is 0. The third-order valence-electron chi connectivity index (χ3n) is 3.62. The van der Waals surface area contributed by atoms with Crippen molar-refractivity contribution in [1.82, 2.24) is 8.97 Å². The highest BCUT2D eigenvalue weighted by Crippen LogP contribution is 2.29. The van der Waals surface area contributed by atoms with Crippen molar-refractivity contribution in [3.05, 3.63) is 54.1 Å². The van der Waals surface area contributed by atoms with Gasteiger partial charge in [0, 0.05) is 18.5 Å². The Hall–Kier alpha value is -2.36. The van der Waals surface area contributed by atoms with Crippen LogP contribution >= 0.6 is 0 Å². The van der Waals surface area contributed by atoms with Gasteiger partial charge in [0.25, 0.3) is 0 Å². The fourth-order valence-electron chi connectivity index (χ4n) is 2.80. The molecule has 4 aromatic rings. The lowest BCUT2D eigenvalue weighted by Gasteiger charge is -1.98. The van der Waals surface area contributed by atoms with Gasteiger partial charge in [-0.1, -0.05) is 12.1 Å². The zero-order valence-corrected chi connectivity index (χ0v) is 10.2. The second kappa shape index (κ2) is 3.35. The Morgan fingerprint density at radius 3 is 2.47 bits per heavy atom. The number of rotatable bonds is 0. The van der Waals surface area contributed by atoms with Crippen LogP contribution in [0, 0.1) is 11.6 Å². The molecule has 0 saturated carbocycles. The molecule has 94 valence electrons. The molecule has 0 aliphatic heterocycles. The highest BCUT2D eigenvalue weighted by atomic mass is 19.1.